The highest BCUT2D eigenvalue weighted by atomic mass is 16.6. The molecule has 24 heavy (non-hydrogen) atoms. The Labute approximate surface area is 136 Å². The number of ether oxygens (including phenoxy) is 1. The van der Waals surface area contributed by atoms with E-state index in [4.69, 9.17) is 9.84 Å². The van der Waals surface area contributed by atoms with Crippen molar-refractivity contribution in [2.45, 2.75) is 0 Å². The third kappa shape index (κ3) is 3.77. The lowest BCUT2D eigenvalue weighted by Gasteiger charge is -2.05. The second-order valence-corrected chi connectivity index (χ2v) is 4.60. The molecule has 0 aromatic heterocycles. The van der Waals surface area contributed by atoms with Gasteiger partial charge in [0.1, 0.15) is 0 Å². The number of aromatic hydroxyl groups is 1. The number of anilines is 1. The van der Waals surface area contributed by atoms with Crippen LogP contribution in [0, 0.1) is 10.1 Å². The molecular formula is C15H13N3O6. The summed E-state index contributed by atoms with van der Waals surface area (Å²) in [4.78, 5) is 21.3. The van der Waals surface area contributed by atoms with Gasteiger partial charge >= 0.3 is 5.97 Å². The van der Waals surface area contributed by atoms with E-state index in [1.54, 1.807) is 6.07 Å². The number of carboxylic acids is 1. The van der Waals surface area contributed by atoms with Crippen molar-refractivity contribution in [3.63, 3.8) is 0 Å². The fourth-order valence-corrected chi connectivity index (χ4v) is 1.90. The maximum Gasteiger partial charge on any atom is 0.335 e. The molecule has 0 unspecified atom stereocenters. The van der Waals surface area contributed by atoms with E-state index in [2.05, 4.69) is 10.5 Å². The van der Waals surface area contributed by atoms with E-state index in [9.17, 15) is 20.0 Å². The molecule has 0 aliphatic heterocycles. The summed E-state index contributed by atoms with van der Waals surface area (Å²) in [6.07, 6.45) is 1.14. The Morgan fingerprint density at radius 2 is 2.12 bits per heavy atom. The zero-order valence-electron chi connectivity index (χ0n) is 12.5. The Balaban J connectivity index is 2.26. The van der Waals surface area contributed by atoms with Gasteiger partial charge in [-0.3, -0.25) is 15.5 Å². The summed E-state index contributed by atoms with van der Waals surface area (Å²) in [7, 11) is 1.28. The molecule has 2 aromatic rings. The number of carboxylic acid groups (broad SMARTS) is 1. The smallest absolute Gasteiger partial charge is 0.335 e. The lowest BCUT2D eigenvalue weighted by molar-refractivity contribution is -0.385. The molecule has 9 heteroatoms. The monoisotopic (exact) mass is 331 g/mol. The number of hydrogen-bond acceptors (Lipinski definition) is 7. The quantitative estimate of drug-likeness (QED) is 0.420. The van der Waals surface area contributed by atoms with Gasteiger partial charge in [0, 0.05) is 0 Å². The Hall–Kier alpha value is -3.62. The first-order valence-electron chi connectivity index (χ1n) is 6.60. The Kier molecular flexibility index (Phi) is 4.95. The van der Waals surface area contributed by atoms with E-state index in [0.717, 1.165) is 18.3 Å². The number of nitrogens with one attached hydrogen (secondary N) is 1. The third-order valence-corrected chi connectivity index (χ3v) is 3.03. The van der Waals surface area contributed by atoms with Gasteiger partial charge in [0.25, 0.3) is 5.69 Å². The van der Waals surface area contributed by atoms with Crippen LogP contribution in [0.4, 0.5) is 11.4 Å². The van der Waals surface area contributed by atoms with Gasteiger partial charge in [-0.1, -0.05) is 6.07 Å². The van der Waals surface area contributed by atoms with Gasteiger partial charge in [0.2, 0.25) is 0 Å². The van der Waals surface area contributed by atoms with E-state index >= 15 is 0 Å². The minimum atomic E-state index is -1.08. The van der Waals surface area contributed by atoms with Crippen molar-refractivity contribution in [3.05, 3.63) is 57.6 Å². The Morgan fingerprint density at radius 1 is 1.38 bits per heavy atom. The van der Waals surface area contributed by atoms with Gasteiger partial charge < -0.3 is 14.9 Å². The zero-order chi connectivity index (χ0) is 17.7. The van der Waals surface area contributed by atoms with E-state index in [1.165, 1.54) is 25.3 Å². The highest BCUT2D eigenvalue weighted by Gasteiger charge is 2.17. The number of rotatable bonds is 6. The van der Waals surface area contributed by atoms with Gasteiger partial charge in [-0.15, -0.1) is 0 Å². The molecule has 0 bridgehead atoms. The van der Waals surface area contributed by atoms with Crippen molar-refractivity contribution in [1.29, 1.82) is 0 Å². The molecule has 0 fully saturated rings. The van der Waals surface area contributed by atoms with Crippen molar-refractivity contribution >= 4 is 23.6 Å². The largest absolute Gasteiger partial charge is 0.504 e. The second kappa shape index (κ2) is 7.09. The summed E-state index contributed by atoms with van der Waals surface area (Å²) < 4.78 is 4.83. The number of benzene rings is 2. The molecule has 0 amide bonds. The number of nitro groups is 1. The van der Waals surface area contributed by atoms with Crippen LogP contribution in [-0.4, -0.2) is 34.4 Å². The van der Waals surface area contributed by atoms with Crippen LogP contribution in [0.15, 0.2) is 41.5 Å². The molecule has 0 saturated carbocycles. The Morgan fingerprint density at radius 3 is 2.75 bits per heavy atom. The van der Waals surface area contributed by atoms with Crippen molar-refractivity contribution in [2.24, 2.45) is 5.10 Å². The summed E-state index contributed by atoms with van der Waals surface area (Å²) in [5.74, 6) is -1.38. The van der Waals surface area contributed by atoms with Crippen LogP contribution in [0.25, 0.3) is 0 Å². The third-order valence-electron chi connectivity index (χ3n) is 3.03. The van der Waals surface area contributed by atoms with Crippen LogP contribution in [0.5, 0.6) is 11.5 Å². The summed E-state index contributed by atoms with van der Waals surface area (Å²) in [6.45, 7) is 0. The summed E-state index contributed by atoms with van der Waals surface area (Å²) in [5, 5.41) is 33.5. The topological polar surface area (TPSA) is 134 Å². The number of hydrazone groups is 1. The molecule has 0 aliphatic carbocycles. The van der Waals surface area contributed by atoms with Crippen LogP contribution in [0.3, 0.4) is 0 Å². The van der Waals surface area contributed by atoms with Crippen LogP contribution < -0.4 is 10.2 Å². The van der Waals surface area contributed by atoms with Crippen LogP contribution >= 0.6 is 0 Å². The lowest BCUT2D eigenvalue weighted by atomic mass is 10.1. The standard InChI is InChI=1S/C15H13N3O6/c1-24-14-7-12(18(22)23)10(6-13(14)19)8-16-17-11-4-2-3-9(5-11)15(20)21/h2-8,17,19H,1H3,(H,20,21). The highest BCUT2D eigenvalue weighted by Crippen LogP contribution is 2.32. The average Bonchev–Trinajstić information content (AvgIpc) is 2.55. The van der Waals surface area contributed by atoms with E-state index in [1.807, 2.05) is 0 Å². The van der Waals surface area contributed by atoms with E-state index in [0.29, 0.717) is 5.69 Å². The summed E-state index contributed by atoms with van der Waals surface area (Å²) in [5.41, 5.74) is 2.80. The van der Waals surface area contributed by atoms with Gasteiger partial charge in [-0.25, -0.2) is 4.79 Å². The number of hydrogen-bond donors (Lipinski definition) is 3. The minimum Gasteiger partial charge on any atom is -0.504 e. The summed E-state index contributed by atoms with van der Waals surface area (Å²) >= 11 is 0. The van der Waals surface area contributed by atoms with Gasteiger partial charge in [0.05, 0.1) is 41.1 Å². The van der Waals surface area contributed by atoms with Crippen LogP contribution in [0.1, 0.15) is 15.9 Å². The van der Waals surface area contributed by atoms with Crippen LogP contribution in [0.2, 0.25) is 0 Å². The molecule has 9 nitrogen and oxygen atoms in total. The molecule has 3 N–H and O–H groups in total. The first-order chi connectivity index (χ1) is 11.4. The molecular weight excluding hydrogens is 318 g/mol. The van der Waals surface area contributed by atoms with Crippen molar-refractivity contribution in [1.82, 2.24) is 0 Å². The molecule has 2 rings (SSSR count). The number of nitro benzene ring substituents is 1. The molecule has 0 aliphatic rings. The number of aromatic carboxylic acids is 1. The minimum absolute atomic E-state index is 0.0269. The average molecular weight is 331 g/mol. The predicted molar refractivity (Wildman–Crippen MR) is 85.9 cm³/mol. The number of nitrogens with zero attached hydrogens (tertiary/aromatic N) is 2. The number of methoxy groups -OCH3 is 1. The van der Waals surface area contributed by atoms with Gasteiger partial charge in [0.15, 0.2) is 11.5 Å². The van der Waals surface area contributed by atoms with E-state index < -0.39 is 10.9 Å². The van der Waals surface area contributed by atoms with Crippen molar-refractivity contribution < 1.29 is 24.7 Å². The van der Waals surface area contributed by atoms with E-state index in [-0.39, 0.29) is 28.3 Å². The maximum atomic E-state index is 11.1. The maximum absolute atomic E-state index is 11.1. The number of carbonyl (C=O) groups is 1. The molecule has 2 aromatic carbocycles. The van der Waals surface area contributed by atoms with Gasteiger partial charge in [-0.2, -0.15) is 5.10 Å². The fourth-order valence-electron chi connectivity index (χ4n) is 1.90. The first-order valence-corrected chi connectivity index (χ1v) is 6.60. The normalized spacial score (nSPS) is 10.5. The van der Waals surface area contributed by atoms with Crippen molar-refractivity contribution in [2.75, 3.05) is 12.5 Å². The van der Waals surface area contributed by atoms with Gasteiger partial charge in [-0.05, 0) is 24.3 Å². The molecule has 0 spiro atoms. The molecule has 0 radical (unpaired) electrons. The SMILES string of the molecule is COc1cc([N+](=O)[O-])c(C=NNc2cccc(C(=O)O)c2)cc1O. The Bertz CT molecular complexity index is 819. The lowest BCUT2D eigenvalue weighted by Crippen LogP contribution is -1.99. The number of phenolic OH excluding ortho intramolecular Hbond substituents is 1. The second-order valence-electron chi connectivity index (χ2n) is 4.60. The fraction of sp³-hybridized carbons (Fsp3) is 0.0667. The molecule has 0 heterocycles. The molecule has 0 atom stereocenters. The predicted octanol–water partition coefficient (Wildman–Crippen LogP) is 2.45. The molecule has 0 saturated heterocycles. The molecule has 124 valence electrons. The zero-order valence-corrected chi connectivity index (χ0v) is 12.5. The number of phenols is 1. The summed E-state index contributed by atoms with van der Waals surface area (Å²) in [6, 6.07) is 8.13. The van der Waals surface area contributed by atoms with Crippen molar-refractivity contribution in [3.8, 4) is 11.5 Å². The highest BCUT2D eigenvalue weighted by molar-refractivity contribution is 5.89. The first kappa shape index (κ1) is 16.7. The van der Waals surface area contributed by atoms with Crippen LogP contribution in [-0.2, 0) is 0 Å².